The fourth-order valence-electron chi connectivity index (χ4n) is 2.47. The zero-order valence-corrected chi connectivity index (χ0v) is 14.1. The van der Waals surface area contributed by atoms with Gasteiger partial charge >= 0.3 is 6.18 Å². The van der Waals surface area contributed by atoms with Gasteiger partial charge in [-0.15, -0.1) is 0 Å². The van der Waals surface area contributed by atoms with Crippen LogP contribution in [0.2, 0.25) is 0 Å². The Hall–Kier alpha value is -1.09. The van der Waals surface area contributed by atoms with Gasteiger partial charge in [0, 0.05) is 0 Å². The van der Waals surface area contributed by atoms with Crippen molar-refractivity contribution in [1.82, 2.24) is 0 Å². The first kappa shape index (κ1) is 20.0. The van der Waals surface area contributed by atoms with Crippen LogP contribution in [0, 0.1) is 0 Å². The highest BCUT2D eigenvalue weighted by molar-refractivity contribution is 7.85. The number of ether oxygens (including phenoxy) is 1. The van der Waals surface area contributed by atoms with Gasteiger partial charge in [0.25, 0.3) is 10.1 Å². The molecule has 1 atom stereocenters. The minimum absolute atomic E-state index is 0.0399. The fraction of sp³-hybridized carbons (Fsp3) is 0.500. The lowest BCUT2D eigenvalue weighted by atomic mass is 9.80. The minimum atomic E-state index is -4.90. The van der Waals surface area contributed by atoms with Gasteiger partial charge < -0.3 is 4.74 Å². The molecule has 11 heteroatoms. The van der Waals surface area contributed by atoms with Crippen LogP contribution < -0.4 is 4.74 Å². The average molecular weight is 348 g/mol. The van der Waals surface area contributed by atoms with Crippen molar-refractivity contribution in [1.29, 1.82) is 0 Å². The molecule has 1 rings (SSSR count). The lowest BCUT2D eigenvalue weighted by Gasteiger charge is -2.22. The van der Waals surface area contributed by atoms with Crippen LogP contribution >= 0.6 is 0 Å². The Morgan fingerprint density at radius 2 is 1.57 bits per heavy atom. The van der Waals surface area contributed by atoms with Gasteiger partial charge in [-0.05, 0) is 23.3 Å². The van der Waals surface area contributed by atoms with Gasteiger partial charge in [-0.2, -0.15) is 21.6 Å². The fourth-order valence-corrected chi connectivity index (χ4v) is 3.11. The van der Waals surface area contributed by atoms with E-state index >= 15 is 0 Å². The van der Waals surface area contributed by atoms with Crippen molar-refractivity contribution in [3.63, 3.8) is 0 Å². The SMILES string of the molecule is BCc1cc(OC(CS(=O)(=O)O)C(F)(F)F)cc(CB)c1CB. The number of rotatable bonds is 7. The van der Waals surface area contributed by atoms with Crippen LogP contribution in [0.25, 0.3) is 0 Å². The van der Waals surface area contributed by atoms with Crippen molar-refractivity contribution >= 4 is 33.7 Å². The summed E-state index contributed by atoms with van der Waals surface area (Å²) in [4.78, 5) is 0. The van der Waals surface area contributed by atoms with Crippen LogP contribution in [0.1, 0.15) is 16.7 Å². The van der Waals surface area contributed by atoms with E-state index < -0.39 is 28.2 Å². The van der Waals surface area contributed by atoms with Crippen molar-refractivity contribution in [2.24, 2.45) is 0 Å². The largest absolute Gasteiger partial charge is 0.480 e. The van der Waals surface area contributed by atoms with Gasteiger partial charge in [-0.25, -0.2) is 0 Å². The average Bonchev–Trinajstić information content (AvgIpc) is 2.43. The van der Waals surface area contributed by atoms with Crippen molar-refractivity contribution in [3.8, 4) is 5.75 Å². The predicted molar refractivity (Wildman–Crippen MR) is 90.1 cm³/mol. The monoisotopic (exact) mass is 348 g/mol. The van der Waals surface area contributed by atoms with Crippen molar-refractivity contribution in [2.45, 2.75) is 31.2 Å². The van der Waals surface area contributed by atoms with Gasteiger partial charge in [-0.1, -0.05) is 24.5 Å². The van der Waals surface area contributed by atoms with Gasteiger partial charge in [0.15, 0.2) is 0 Å². The quantitative estimate of drug-likeness (QED) is 0.522. The van der Waals surface area contributed by atoms with E-state index in [1.54, 1.807) is 0 Å². The van der Waals surface area contributed by atoms with Gasteiger partial charge in [0.1, 0.15) is 35.0 Å². The zero-order chi connectivity index (χ0) is 17.8. The molecule has 0 aliphatic heterocycles. The van der Waals surface area contributed by atoms with E-state index in [9.17, 15) is 21.6 Å². The number of halogens is 3. The second-order valence-electron chi connectivity index (χ2n) is 5.18. The Morgan fingerprint density at radius 1 is 1.09 bits per heavy atom. The summed E-state index contributed by atoms with van der Waals surface area (Å²) < 4.78 is 74.0. The molecule has 1 aromatic rings. The summed E-state index contributed by atoms with van der Waals surface area (Å²) >= 11 is 0. The summed E-state index contributed by atoms with van der Waals surface area (Å²) in [5, 5.41) is 0. The maximum atomic E-state index is 12.9. The molecular formula is C12H18B3F3O4S. The molecule has 0 aliphatic rings. The molecule has 4 nitrogen and oxygen atoms in total. The summed E-state index contributed by atoms with van der Waals surface area (Å²) in [6.07, 6.45) is -5.51. The van der Waals surface area contributed by atoms with Crippen LogP contribution in [0.3, 0.4) is 0 Å². The van der Waals surface area contributed by atoms with E-state index in [-0.39, 0.29) is 5.75 Å². The van der Waals surface area contributed by atoms with Crippen LogP contribution in [0.15, 0.2) is 12.1 Å². The van der Waals surface area contributed by atoms with Crippen LogP contribution in [-0.2, 0) is 29.1 Å². The van der Waals surface area contributed by atoms with E-state index in [2.05, 4.69) is 0 Å². The maximum Gasteiger partial charge on any atom is 0.426 e. The van der Waals surface area contributed by atoms with Crippen molar-refractivity contribution in [3.05, 3.63) is 28.8 Å². The Morgan fingerprint density at radius 3 is 1.87 bits per heavy atom. The van der Waals surface area contributed by atoms with E-state index in [4.69, 9.17) is 9.29 Å². The van der Waals surface area contributed by atoms with Crippen LogP contribution in [0.5, 0.6) is 5.75 Å². The lowest BCUT2D eigenvalue weighted by molar-refractivity contribution is -0.188. The highest BCUT2D eigenvalue weighted by atomic mass is 32.2. The molecule has 23 heavy (non-hydrogen) atoms. The highest BCUT2D eigenvalue weighted by Gasteiger charge is 2.44. The van der Waals surface area contributed by atoms with Crippen LogP contribution in [0.4, 0.5) is 13.2 Å². The van der Waals surface area contributed by atoms with E-state index in [1.165, 1.54) is 12.1 Å². The highest BCUT2D eigenvalue weighted by Crippen LogP contribution is 2.29. The summed E-state index contributed by atoms with van der Waals surface area (Å²) in [6, 6.07) is 3.00. The molecule has 0 fully saturated rings. The molecule has 126 valence electrons. The van der Waals surface area contributed by atoms with Crippen molar-refractivity contribution < 1.29 is 30.9 Å². The molecule has 0 bridgehead atoms. The van der Waals surface area contributed by atoms with E-state index in [1.807, 2.05) is 23.5 Å². The number of hydrogen-bond acceptors (Lipinski definition) is 3. The second-order valence-corrected chi connectivity index (χ2v) is 6.67. The Bertz CT molecular complexity index is 624. The molecule has 0 radical (unpaired) electrons. The number of benzene rings is 1. The Labute approximate surface area is 136 Å². The zero-order valence-electron chi connectivity index (χ0n) is 13.3. The van der Waals surface area contributed by atoms with E-state index in [0.717, 1.165) is 23.0 Å². The first-order valence-electron chi connectivity index (χ1n) is 7.34. The lowest BCUT2D eigenvalue weighted by Crippen LogP contribution is -2.40. The molecule has 1 unspecified atom stereocenters. The standard InChI is InChI=1S/C12H18B3F3O4S/c13-3-7-1-9(2-8(4-14)10(7)5-15)22-11(12(16,17)18)6-23(19,20)21/h1-2,11H,3-6,13-15H2,(H,19,20,21). The summed E-state index contributed by atoms with van der Waals surface area (Å²) in [6.45, 7) is 0. The maximum absolute atomic E-state index is 12.9. The molecule has 1 aromatic carbocycles. The smallest absolute Gasteiger partial charge is 0.426 e. The third-order valence-corrected chi connectivity index (χ3v) is 4.25. The van der Waals surface area contributed by atoms with Gasteiger partial charge in [0.2, 0.25) is 6.10 Å². The number of alkyl halides is 3. The molecule has 1 N–H and O–H groups in total. The van der Waals surface area contributed by atoms with Gasteiger partial charge in [-0.3, -0.25) is 4.55 Å². The predicted octanol–water partition coefficient (Wildman–Crippen LogP) is -0.717. The Kier molecular flexibility index (Phi) is 6.64. The molecule has 0 heterocycles. The van der Waals surface area contributed by atoms with E-state index in [0.29, 0.717) is 12.6 Å². The summed E-state index contributed by atoms with van der Waals surface area (Å²) in [5.74, 6) is -1.57. The summed E-state index contributed by atoms with van der Waals surface area (Å²) in [7, 11) is 0.920. The third-order valence-electron chi connectivity index (χ3n) is 3.53. The van der Waals surface area contributed by atoms with Crippen LogP contribution in [-0.4, -0.2) is 54.5 Å². The second kappa shape index (κ2) is 7.66. The molecular weight excluding hydrogens is 330 g/mol. The molecule has 0 amide bonds. The summed E-state index contributed by atoms with van der Waals surface area (Å²) in [5.41, 5.74) is 2.81. The molecule has 0 spiro atoms. The minimum Gasteiger partial charge on any atom is -0.480 e. The van der Waals surface area contributed by atoms with Gasteiger partial charge in [0.05, 0.1) is 0 Å². The number of hydrogen-bond donors (Lipinski definition) is 1. The van der Waals surface area contributed by atoms with Crippen molar-refractivity contribution in [2.75, 3.05) is 5.75 Å². The molecule has 0 saturated carbocycles. The first-order valence-corrected chi connectivity index (χ1v) is 8.95. The molecule has 0 saturated heterocycles. The Balaban J connectivity index is 3.23. The third kappa shape index (κ3) is 5.80. The normalized spacial score (nSPS) is 13.7. The topological polar surface area (TPSA) is 63.6 Å². The molecule has 0 aliphatic carbocycles. The first-order chi connectivity index (χ1) is 10.5. The molecule has 0 aromatic heterocycles.